The van der Waals surface area contributed by atoms with Gasteiger partial charge in [0, 0.05) is 18.8 Å². The van der Waals surface area contributed by atoms with Gasteiger partial charge in [-0.2, -0.15) is 0 Å². The fourth-order valence-corrected chi connectivity index (χ4v) is 1.82. The van der Waals surface area contributed by atoms with Crippen LogP contribution < -0.4 is 15.4 Å². The predicted molar refractivity (Wildman–Crippen MR) is 84.1 cm³/mol. The number of anilines is 2. The second-order valence-corrected chi connectivity index (χ2v) is 4.74. The Hall–Kier alpha value is -2.60. The fraction of sp³-hybridized carbons (Fsp3) is 0.133. The zero-order valence-corrected chi connectivity index (χ0v) is 12.6. The fourth-order valence-electron chi connectivity index (χ4n) is 1.65. The van der Waals surface area contributed by atoms with Crippen LogP contribution in [0.1, 0.15) is 6.92 Å². The molecule has 0 aliphatic rings. The first kappa shape index (κ1) is 15.8. The van der Waals surface area contributed by atoms with Crippen LogP contribution in [-0.2, 0) is 9.59 Å². The summed E-state index contributed by atoms with van der Waals surface area (Å²) in [4.78, 5) is 26.5. The van der Waals surface area contributed by atoms with Gasteiger partial charge in [0.2, 0.25) is 5.91 Å². The largest absolute Gasteiger partial charge is 0.484 e. The lowest BCUT2D eigenvalue weighted by Gasteiger charge is -2.09. The maximum atomic E-state index is 11.8. The molecule has 1 aromatic carbocycles. The summed E-state index contributed by atoms with van der Waals surface area (Å²) in [5.74, 6) is 0.0174. The summed E-state index contributed by atoms with van der Waals surface area (Å²) in [5, 5.41) is 5.46. The monoisotopic (exact) mass is 319 g/mol. The molecule has 0 spiro atoms. The molecular weight excluding hydrogens is 306 g/mol. The van der Waals surface area contributed by atoms with Crippen molar-refractivity contribution in [2.75, 3.05) is 17.2 Å². The van der Waals surface area contributed by atoms with Crippen molar-refractivity contribution in [2.45, 2.75) is 6.92 Å². The average Bonchev–Trinajstić information content (AvgIpc) is 2.48. The third kappa shape index (κ3) is 4.75. The van der Waals surface area contributed by atoms with Crippen LogP contribution in [0.5, 0.6) is 5.75 Å². The molecule has 2 N–H and O–H groups in total. The molecule has 0 atom stereocenters. The van der Waals surface area contributed by atoms with Gasteiger partial charge in [-0.3, -0.25) is 9.59 Å². The maximum absolute atomic E-state index is 11.8. The van der Waals surface area contributed by atoms with Crippen molar-refractivity contribution in [2.24, 2.45) is 0 Å². The van der Waals surface area contributed by atoms with E-state index in [1.165, 1.54) is 13.1 Å². The van der Waals surface area contributed by atoms with E-state index in [4.69, 9.17) is 16.3 Å². The minimum Gasteiger partial charge on any atom is -0.484 e. The number of carbonyl (C=O) groups is 2. The van der Waals surface area contributed by atoms with E-state index in [0.717, 1.165) is 0 Å². The van der Waals surface area contributed by atoms with Crippen molar-refractivity contribution < 1.29 is 14.3 Å². The average molecular weight is 320 g/mol. The number of carbonyl (C=O) groups excluding carboxylic acids is 2. The Balaban J connectivity index is 1.86. The van der Waals surface area contributed by atoms with E-state index in [-0.39, 0.29) is 23.6 Å². The molecule has 1 heterocycles. The number of aromatic nitrogens is 1. The lowest BCUT2D eigenvalue weighted by atomic mass is 10.3. The van der Waals surface area contributed by atoms with Crippen LogP contribution in [0.3, 0.4) is 0 Å². The van der Waals surface area contributed by atoms with E-state index in [1.54, 1.807) is 36.4 Å². The highest BCUT2D eigenvalue weighted by Crippen LogP contribution is 2.18. The van der Waals surface area contributed by atoms with Crippen LogP contribution in [0.2, 0.25) is 5.15 Å². The van der Waals surface area contributed by atoms with Gasteiger partial charge < -0.3 is 15.4 Å². The third-order valence-corrected chi connectivity index (χ3v) is 2.88. The normalized spacial score (nSPS) is 9.91. The van der Waals surface area contributed by atoms with E-state index in [2.05, 4.69) is 15.6 Å². The number of pyridine rings is 1. The number of ether oxygens (including phenoxy) is 1. The van der Waals surface area contributed by atoms with Crippen LogP contribution in [-0.4, -0.2) is 23.4 Å². The van der Waals surface area contributed by atoms with Gasteiger partial charge in [0.05, 0.1) is 5.69 Å². The number of hydrogen-bond acceptors (Lipinski definition) is 4. The van der Waals surface area contributed by atoms with Gasteiger partial charge in [0.25, 0.3) is 5.91 Å². The Morgan fingerprint density at radius 1 is 1.18 bits per heavy atom. The molecule has 7 heteroatoms. The summed E-state index contributed by atoms with van der Waals surface area (Å²) in [6.45, 7) is 1.27. The second kappa shape index (κ2) is 7.42. The summed E-state index contributed by atoms with van der Waals surface area (Å²) in [6, 6.07) is 10.0. The van der Waals surface area contributed by atoms with E-state index >= 15 is 0 Å². The number of hydrogen-bond donors (Lipinski definition) is 2. The Morgan fingerprint density at radius 2 is 1.91 bits per heavy atom. The molecule has 0 radical (unpaired) electrons. The Bertz CT molecular complexity index is 674. The maximum Gasteiger partial charge on any atom is 0.262 e. The van der Waals surface area contributed by atoms with Crippen LogP contribution in [0.15, 0.2) is 42.6 Å². The van der Waals surface area contributed by atoms with Crippen LogP contribution >= 0.6 is 11.6 Å². The van der Waals surface area contributed by atoms with Gasteiger partial charge in [0.1, 0.15) is 5.75 Å². The van der Waals surface area contributed by atoms with Gasteiger partial charge in [-0.25, -0.2) is 4.98 Å². The highest BCUT2D eigenvalue weighted by Gasteiger charge is 2.07. The van der Waals surface area contributed by atoms with E-state index in [1.807, 2.05) is 0 Å². The lowest BCUT2D eigenvalue weighted by Crippen LogP contribution is -2.20. The van der Waals surface area contributed by atoms with Crippen molar-refractivity contribution in [3.8, 4) is 5.75 Å². The molecule has 0 bridgehead atoms. The summed E-state index contributed by atoms with van der Waals surface area (Å²) in [7, 11) is 0. The summed E-state index contributed by atoms with van der Waals surface area (Å²) >= 11 is 5.84. The zero-order valence-electron chi connectivity index (χ0n) is 11.8. The van der Waals surface area contributed by atoms with Crippen molar-refractivity contribution in [1.82, 2.24) is 4.98 Å². The van der Waals surface area contributed by atoms with Crippen LogP contribution in [0, 0.1) is 0 Å². The molecule has 2 amide bonds. The molecule has 0 unspecified atom stereocenters. The summed E-state index contributed by atoms with van der Waals surface area (Å²) in [5.41, 5.74) is 1.09. The number of nitrogens with one attached hydrogen (secondary N) is 2. The van der Waals surface area contributed by atoms with E-state index in [0.29, 0.717) is 17.1 Å². The molecule has 6 nitrogen and oxygen atoms in total. The SMILES string of the molecule is CC(=O)Nc1ccc(OCC(=O)Nc2cccnc2Cl)cc1. The standard InChI is InChI=1S/C15H14ClN3O3/c1-10(20)18-11-4-6-12(7-5-11)22-9-14(21)19-13-3-2-8-17-15(13)16/h2-8H,9H2,1H3,(H,18,20)(H,19,21). The summed E-state index contributed by atoms with van der Waals surface area (Å²) in [6.07, 6.45) is 1.53. The first-order valence-corrected chi connectivity index (χ1v) is 6.83. The smallest absolute Gasteiger partial charge is 0.262 e. The molecular formula is C15H14ClN3O3. The Morgan fingerprint density at radius 3 is 2.55 bits per heavy atom. The zero-order chi connectivity index (χ0) is 15.9. The van der Waals surface area contributed by atoms with E-state index in [9.17, 15) is 9.59 Å². The Kier molecular flexibility index (Phi) is 5.32. The van der Waals surface area contributed by atoms with Gasteiger partial charge in [-0.15, -0.1) is 0 Å². The first-order valence-electron chi connectivity index (χ1n) is 6.45. The molecule has 114 valence electrons. The molecule has 0 saturated carbocycles. The van der Waals surface area contributed by atoms with Crippen molar-refractivity contribution in [3.63, 3.8) is 0 Å². The van der Waals surface area contributed by atoms with Gasteiger partial charge in [-0.05, 0) is 36.4 Å². The van der Waals surface area contributed by atoms with Crippen LogP contribution in [0.4, 0.5) is 11.4 Å². The Labute approximate surface area is 132 Å². The number of halogens is 1. The van der Waals surface area contributed by atoms with Crippen molar-refractivity contribution in [3.05, 3.63) is 47.7 Å². The van der Waals surface area contributed by atoms with Gasteiger partial charge >= 0.3 is 0 Å². The molecule has 2 aromatic rings. The molecule has 0 fully saturated rings. The van der Waals surface area contributed by atoms with Crippen LogP contribution in [0.25, 0.3) is 0 Å². The van der Waals surface area contributed by atoms with Gasteiger partial charge in [0.15, 0.2) is 11.8 Å². The van der Waals surface area contributed by atoms with Crippen molar-refractivity contribution in [1.29, 1.82) is 0 Å². The predicted octanol–water partition coefficient (Wildman–Crippen LogP) is 2.71. The van der Waals surface area contributed by atoms with Gasteiger partial charge in [-0.1, -0.05) is 11.6 Å². The minimum absolute atomic E-state index is 0.151. The topological polar surface area (TPSA) is 80.3 Å². The molecule has 22 heavy (non-hydrogen) atoms. The lowest BCUT2D eigenvalue weighted by molar-refractivity contribution is -0.118. The number of nitrogens with zero attached hydrogens (tertiary/aromatic N) is 1. The molecule has 2 rings (SSSR count). The minimum atomic E-state index is -0.346. The highest BCUT2D eigenvalue weighted by atomic mass is 35.5. The van der Waals surface area contributed by atoms with Crippen molar-refractivity contribution >= 4 is 34.8 Å². The third-order valence-electron chi connectivity index (χ3n) is 2.58. The number of benzene rings is 1. The highest BCUT2D eigenvalue weighted by molar-refractivity contribution is 6.32. The molecule has 0 saturated heterocycles. The quantitative estimate of drug-likeness (QED) is 0.830. The summed E-state index contributed by atoms with van der Waals surface area (Å²) < 4.78 is 5.35. The molecule has 0 aliphatic carbocycles. The second-order valence-electron chi connectivity index (χ2n) is 4.38. The molecule has 1 aromatic heterocycles. The first-order chi connectivity index (χ1) is 10.5. The van der Waals surface area contributed by atoms with E-state index < -0.39 is 0 Å². The number of amides is 2. The molecule has 0 aliphatic heterocycles. The number of rotatable bonds is 5.